The number of hydrogen-bond acceptors (Lipinski definition) is 3. The smallest absolute Gasteiger partial charge is 0.228 e. The van der Waals surface area contributed by atoms with Crippen molar-refractivity contribution in [2.45, 2.75) is 25.8 Å². The van der Waals surface area contributed by atoms with Crippen LogP contribution in [0, 0.1) is 0 Å². The lowest BCUT2D eigenvalue weighted by Crippen LogP contribution is -2.15. The Kier molecular flexibility index (Phi) is 3.86. The molecule has 0 aromatic heterocycles. The number of hydrogen-bond donors (Lipinski definition) is 2. The molecule has 0 radical (unpaired) electrons. The van der Waals surface area contributed by atoms with Gasteiger partial charge in [-0.1, -0.05) is 31.2 Å². The van der Waals surface area contributed by atoms with Gasteiger partial charge >= 0.3 is 0 Å². The summed E-state index contributed by atoms with van der Waals surface area (Å²) in [5.74, 6) is 0.808. The van der Waals surface area contributed by atoms with Crippen molar-refractivity contribution >= 4 is 11.6 Å². The van der Waals surface area contributed by atoms with Gasteiger partial charge in [-0.2, -0.15) is 0 Å². The van der Waals surface area contributed by atoms with E-state index in [1.807, 2.05) is 24.3 Å². The quantitative estimate of drug-likeness (QED) is 0.912. The van der Waals surface area contributed by atoms with E-state index in [4.69, 9.17) is 10.5 Å². The number of rotatable bonds is 4. The van der Waals surface area contributed by atoms with Crippen LogP contribution in [0.15, 0.2) is 36.4 Å². The van der Waals surface area contributed by atoms with E-state index < -0.39 is 0 Å². The maximum absolute atomic E-state index is 11.7. The molecule has 3 N–H and O–H groups in total. The summed E-state index contributed by atoms with van der Waals surface area (Å²) in [5.41, 5.74) is 11.5. The van der Waals surface area contributed by atoms with Crippen LogP contribution in [-0.4, -0.2) is 13.0 Å². The van der Waals surface area contributed by atoms with Crippen LogP contribution in [0.2, 0.25) is 0 Å². The van der Waals surface area contributed by atoms with E-state index in [1.54, 1.807) is 7.11 Å². The van der Waals surface area contributed by atoms with Crippen molar-refractivity contribution in [3.63, 3.8) is 0 Å². The second kappa shape index (κ2) is 5.81. The Balaban J connectivity index is 2.07. The minimum absolute atomic E-state index is 0.0299. The van der Waals surface area contributed by atoms with E-state index in [-0.39, 0.29) is 11.9 Å². The van der Waals surface area contributed by atoms with Crippen LogP contribution in [0.5, 0.6) is 5.75 Å². The Morgan fingerprint density at radius 3 is 2.86 bits per heavy atom. The van der Waals surface area contributed by atoms with E-state index in [2.05, 4.69) is 24.4 Å². The molecule has 1 amide bonds. The molecule has 4 heteroatoms. The summed E-state index contributed by atoms with van der Waals surface area (Å²) in [7, 11) is 1.64. The van der Waals surface area contributed by atoms with Crippen molar-refractivity contribution in [2.24, 2.45) is 5.73 Å². The molecule has 1 aliphatic rings. The minimum Gasteiger partial charge on any atom is -0.497 e. The molecule has 0 saturated heterocycles. The van der Waals surface area contributed by atoms with Crippen LogP contribution >= 0.6 is 0 Å². The Hall–Kier alpha value is -2.33. The summed E-state index contributed by atoms with van der Waals surface area (Å²) in [4.78, 5) is 11.7. The first-order valence-electron chi connectivity index (χ1n) is 7.47. The van der Waals surface area contributed by atoms with Gasteiger partial charge in [0.15, 0.2) is 0 Å². The Morgan fingerprint density at radius 2 is 2.14 bits per heavy atom. The fourth-order valence-corrected chi connectivity index (χ4v) is 2.91. The van der Waals surface area contributed by atoms with Gasteiger partial charge in [0.25, 0.3) is 0 Å². The molecule has 1 unspecified atom stereocenters. The summed E-state index contributed by atoms with van der Waals surface area (Å²) >= 11 is 0. The number of anilines is 1. The molecule has 1 atom stereocenters. The molecule has 1 heterocycles. The van der Waals surface area contributed by atoms with Gasteiger partial charge in [0.2, 0.25) is 5.91 Å². The lowest BCUT2D eigenvalue weighted by atomic mass is 9.93. The van der Waals surface area contributed by atoms with Gasteiger partial charge in [-0.25, -0.2) is 0 Å². The minimum atomic E-state index is -0.297. The second-order valence-electron chi connectivity index (χ2n) is 5.55. The van der Waals surface area contributed by atoms with Crippen LogP contribution in [0.1, 0.15) is 35.2 Å². The molecule has 3 rings (SSSR count). The number of aryl methyl sites for hydroxylation is 1. The Labute approximate surface area is 130 Å². The first-order chi connectivity index (χ1) is 10.6. The van der Waals surface area contributed by atoms with Crippen LogP contribution in [0.25, 0.3) is 0 Å². The number of carbonyl (C=O) groups excluding carboxylic acids is 1. The molecule has 22 heavy (non-hydrogen) atoms. The third kappa shape index (κ3) is 2.57. The average molecular weight is 296 g/mol. The number of nitrogens with one attached hydrogen (secondary N) is 1. The lowest BCUT2D eigenvalue weighted by Gasteiger charge is -2.18. The molecule has 2 aromatic rings. The van der Waals surface area contributed by atoms with Crippen LogP contribution < -0.4 is 15.8 Å². The highest BCUT2D eigenvalue weighted by molar-refractivity contribution is 6.00. The number of amides is 1. The fourth-order valence-electron chi connectivity index (χ4n) is 2.91. The van der Waals surface area contributed by atoms with Gasteiger partial charge in [0.1, 0.15) is 5.75 Å². The molecule has 1 aliphatic heterocycles. The second-order valence-corrected chi connectivity index (χ2v) is 5.55. The van der Waals surface area contributed by atoms with Crippen molar-refractivity contribution in [3.05, 3.63) is 58.7 Å². The standard InChI is InChI=1S/C18H20N2O2/c1-3-11-7-13-10-16(21)20-18(13)15(8-11)17(19)12-5-4-6-14(9-12)22-2/h4-9,17H,3,10,19H2,1-2H3,(H,20,21). The molecular formula is C18H20N2O2. The van der Waals surface area contributed by atoms with Crippen molar-refractivity contribution in [3.8, 4) is 5.75 Å². The highest BCUT2D eigenvalue weighted by Gasteiger charge is 2.24. The summed E-state index contributed by atoms with van der Waals surface area (Å²) in [5, 5.41) is 2.95. The van der Waals surface area contributed by atoms with Gasteiger partial charge < -0.3 is 15.8 Å². The number of nitrogens with two attached hydrogens (primary N) is 1. The first kappa shape index (κ1) is 14.6. The van der Waals surface area contributed by atoms with Gasteiger partial charge in [-0.15, -0.1) is 0 Å². The van der Waals surface area contributed by atoms with E-state index in [0.29, 0.717) is 6.42 Å². The zero-order valence-corrected chi connectivity index (χ0v) is 12.8. The average Bonchev–Trinajstić information content (AvgIpc) is 2.93. The SMILES string of the molecule is CCc1cc2c(c(C(N)c3cccc(OC)c3)c1)NC(=O)C2. The molecular weight excluding hydrogens is 276 g/mol. The summed E-state index contributed by atoms with van der Waals surface area (Å²) in [6, 6.07) is 11.6. The summed E-state index contributed by atoms with van der Waals surface area (Å²) in [6.07, 6.45) is 1.35. The topological polar surface area (TPSA) is 64.3 Å². The van der Waals surface area contributed by atoms with Crippen LogP contribution in [0.3, 0.4) is 0 Å². The number of carbonyl (C=O) groups is 1. The highest BCUT2D eigenvalue weighted by Crippen LogP contribution is 2.35. The predicted molar refractivity (Wildman–Crippen MR) is 87.2 cm³/mol. The highest BCUT2D eigenvalue weighted by atomic mass is 16.5. The largest absolute Gasteiger partial charge is 0.497 e. The Bertz CT molecular complexity index is 725. The third-order valence-electron chi connectivity index (χ3n) is 4.12. The van der Waals surface area contributed by atoms with E-state index >= 15 is 0 Å². The van der Waals surface area contributed by atoms with E-state index in [9.17, 15) is 4.79 Å². The van der Waals surface area contributed by atoms with E-state index in [1.165, 1.54) is 5.56 Å². The van der Waals surface area contributed by atoms with Crippen LogP contribution in [0.4, 0.5) is 5.69 Å². The summed E-state index contributed by atoms with van der Waals surface area (Å²) < 4.78 is 5.27. The van der Waals surface area contributed by atoms with Crippen molar-refractivity contribution in [1.29, 1.82) is 0 Å². The molecule has 0 bridgehead atoms. The number of fused-ring (bicyclic) bond motifs is 1. The zero-order valence-electron chi connectivity index (χ0n) is 12.8. The Morgan fingerprint density at radius 1 is 1.32 bits per heavy atom. The van der Waals surface area contributed by atoms with Crippen molar-refractivity contribution in [1.82, 2.24) is 0 Å². The van der Waals surface area contributed by atoms with Crippen molar-refractivity contribution in [2.75, 3.05) is 12.4 Å². The maximum atomic E-state index is 11.7. The van der Waals surface area contributed by atoms with Gasteiger partial charge in [-0.3, -0.25) is 4.79 Å². The molecule has 0 fully saturated rings. The lowest BCUT2D eigenvalue weighted by molar-refractivity contribution is -0.115. The summed E-state index contributed by atoms with van der Waals surface area (Å²) in [6.45, 7) is 2.10. The third-order valence-corrected chi connectivity index (χ3v) is 4.12. The van der Waals surface area contributed by atoms with Gasteiger partial charge in [0, 0.05) is 5.69 Å². The molecule has 0 aliphatic carbocycles. The number of methoxy groups -OCH3 is 1. The predicted octanol–water partition coefficient (Wildman–Crippen LogP) is 2.80. The molecule has 0 spiro atoms. The molecule has 114 valence electrons. The molecule has 2 aromatic carbocycles. The number of benzene rings is 2. The molecule has 4 nitrogen and oxygen atoms in total. The van der Waals surface area contributed by atoms with Gasteiger partial charge in [-0.05, 0) is 40.8 Å². The fraction of sp³-hybridized carbons (Fsp3) is 0.278. The molecule has 0 saturated carbocycles. The van der Waals surface area contributed by atoms with Crippen molar-refractivity contribution < 1.29 is 9.53 Å². The van der Waals surface area contributed by atoms with Crippen LogP contribution in [-0.2, 0) is 17.6 Å². The number of ether oxygens (including phenoxy) is 1. The first-order valence-corrected chi connectivity index (χ1v) is 7.47. The normalized spacial score (nSPS) is 14.4. The van der Waals surface area contributed by atoms with E-state index in [0.717, 1.165) is 34.5 Å². The zero-order chi connectivity index (χ0) is 15.7. The monoisotopic (exact) mass is 296 g/mol. The maximum Gasteiger partial charge on any atom is 0.228 e. The van der Waals surface area contributed by atoms with Gasteiger partial charge in [0.05, 0.1) is 19.6 Å².